The lowest BCUT2D eigenvalue weighted by Crippen LogP contribution is -2.04. The van der Waals surface area contributed by atoms with Gasteiger partial charge in [0, 0.05) is 24.9 Å². The van der Waals surface area contributed by atoms with Gasteiger partial charge in [0.2, 0.25) is 5.91 Å². The lowest BCUT2D eigenvalue weighted by molar-refractivity contribution is -0.114. The van der Waals surface area contributed by atoms with Gasteiger partial charge in [0.25, 0.3) is 0 Å². The molecule has 7 heteroatoms. The number of carbonyl (C=O) groups excluding carboxylic acids is 1. The van der Waals surface area contributed by atoms with Crippen molar-refractivity contribution in [3.8, 4) is 11.3 Å². The monoisotopic (exact) mass is 309 g/mol. The van der Waals surface area contributed by atoms with Crippen LogP contribution in [0, 0.1) is 0 Å². The zero-order valence-electron chi connectivity index (χ0n) is 11.6. The van der Waals surface area contributed by atoms with E-state index in [-0.39, 0.29) is 5.91 Å². The first-order valence-electron chi connectivity index (χ1n) is 6.68. The molecule has 0 unspecified atom stereocenters. The SMILES string of the molecule is CC(=O)Nc1nc2ccc(-c3cnc4cc[nH]c4c3)nc2s1. The third-order valence-corrected chi connectivity index (χ3v) is 4.11. The molecule has 0 aromatic carbocycles. The highest BCUT2D eigenvalue weighted by atomic mass is 32.1. The zero-order chi connectivity index (χ0) is 15.1. The molecule has 1 amide bonds. The Morgan fingerprint density at radius 2 is 2.14 bits per heavy atom. The first kappa shape index (κ1) is 12.9. The first-order chi connectivity index (χ1) is 10.7. The van der Waals surface area contributed by atoms with Crippen molar-refractivity contribution >= 4 is 43.8 Å². The Labute approximate surface area is 129 Å². The fraction of sp³-hybridized carbons (Fsp3) is 0.0667. The smallest absolute Gasteiger partial charge is 0.223 e. The van der Waals surface area contributed by atoms with Crippen LogP contribution in [0.15, 0.2) is 36.7 Å². The second-order valence-electron chi connectivity index (χ2n) is 4.86. The molecule has 22 heavy (non-hydrogen) atoms. The third-order valence-electron chi connectivity index (χ3n) is 3.23. The number of H-pyrrole nitrogens is 1. The van der Waals surface area contributed by atoms with Gasteiger partial charge >= 0.3 is 0 Å². The van der Waals surface area contributed by atoms with Crippen molar-refractivity contribution in [3.05, 3.63) is 36.7 Å². The van der Waals surface area contributed by atoms with Gasteiger partial charge in [0.15, 0.2) is 5.13 Å². The summed E-state index contributed by atoms with van der Waals surface area (Å²) in [5, 5.41) is 3.25. The van der Waals surface area contributed by atoms with Crippen LogP contribution >= 0.6 is 11.3 Å². The standard InChI is InChI=1S/C15H11N5OS/c1-8(21)18-15-20-12-3-2-10(19-14(12)22-15)9-6-13-11(17-7-9)4-5-16-13/h2-7,16H,1H3,(H,18,20,21). The van der Waals surface area contributed by atoms with Gasteiger partial charge in [0.05, 0.1) is 16.7 Å². The van der Waals surface area contributed by atoms with Gasteiger partial charge in [-0.1, -0.05) is 11.3 Å². The molecule has 0 saturated heterocycles. The number of nitrogens with one attached hydrogen (secondary N) is 2. The minimum absolute atomic E-state index is 0.138. The number of aromatic amines is 1. The highest BCUT2D eigenvalue weighted by Crippen LogP contribution is 2.28. The van der Waals surface area contributed by atoms with E-state index in [0.29, 0.717) is 5.13 Å². The van der Waals surface area contributed by atoms with Crippen molar-refractivity contribution in [2.24, 2.45) is 0 Å². The fourth-order valence-corrected chi connectivity index (χ4v) is 3.14. The van der Waals surface area contributed by atoms with Gasteiger partial charge in [-0.05, 0) is 24.3 Å². The van der Waals surface area contributed by atoms with Crippen molar-refractivity contribution in [1.29, 1.82) is 0 Å². The average molecular weight is 309 g/mol. The molecule has 6 nitrogen and oxygen atoms in total. The summed E-state index contributed by atoms with van der Waals surface area (Å²) in [6.07, 6.45) is 3.67. The van der Waals surface area contributed by atoms with Gasteiger partial charge in [-0.15, -0.1) is 0 Å². The number of nitrogens with zero attached hydrogens (tertiary/aromatic N) is 3. The summed E-state index contributed by atoms with van der Waals surface area (Å²) in [5.74, 6) is -0.138. The van der Waals surface area contributed by atoms with E-state index in [9.17, 15) is 4.79 Å². The van der Waals surface area contributed by atoms with E-state index in [4.69, 9.17) is 0 Å². The van der Waals surface area contributed by atoms with Gasteiger partial charge in [0.1, 0.15) is 10.3 Å². The molecule has 4 aromatic heterocycles. The predicted molar refractivity (Wildman–Crippen MR) is 86.8 cm³/mol. The van der Waals surface area contributed by atoms with Crippen LogP contribution in [0.2, 0.25) is 0 Å². The molecule has 0 radical (unpaired) electrons. The number of pyridine rings is 2. The molecule has 0 atom stereocenters. The topological polar surface area (TPSA) is 83.6 Å². The Kier molecular flexibility index (Phi) is 2.87. The Hall–Kier alpha value is -2.80. The van der Waals surface area contributed by atoms with E-state index < -0.39 is 0 Å². The van der Waals surface area contributed by atoms with Crippen LogP contribution in [-0.4, -0.2) is 25.8 Å². The number of hydrogen-bond acceptors (Lipinski definition) is 5. The fourth-order valence-electron chi connectivity index (χ4n) is 2.26. The largest absolute Gasteiger partial charge is 0.360 e. The van der Waals surface area contributed by atoms with E-state index in [1.165, 1.54) is 18.3 Å². The molecular weight excluding hydrogens is 298 g/mol. The molecule has 4 heterocycles. The van der Waals surface area contributed by atoms with E-state index in [1.54, 1.807) is 6.20 Å². The number of rotatable bonds is 2. The van der Waals surface area contributed by atoms with Crippen molar-refractivity contribution in [2.75, 3.05) is 5.32 Å². The first-order valence-corrected chi connectivity index (χ1v) is 7.49. The summed E-state index contributed by atoms with van der Waals surface area (Å²) < 4.78 is 0. The third kappa shape index (κ3) is 2.21. The lowest BCUT2D eigenvalue weighted by atomic mass is 10.2. The minimum Gasteiger partial charge on any atom is -0.360 e. The van der Waals surface area contributed by atoms with Gasteiger partial charge in [-0.3, -0.25) is 9.78 Å². The van der Waals surface area contributed by atoms with Crippen LogP contribution in [0.5, 0.6) is 0 Å². The Balaban J connectivity index is 1.79. The quantitative estimate of drug-likeness (QED) is 0.595. The molecule has 2 N–H and O–H groups in total. The minimum atomic E-state index is -0.138. The molecular formula is C15H11N5OS. The molecule has 0 spiro atoms. The molecule has 4 aromatic rings. The van der Waals surface area contributed by atoms with E-state index in [0.717, 1.165) is 32.6 Å². The summed E-state index contributed by atoms with van der Waals surface area (Å²) >= 11 is 1.36. The van der Waals surface area contributed by atoms with Crippen molar-refractivity contribution in [2.45, 2.75) is 6.92 Å². The Bertz CT molecular complexity index is 1000. The van der Waals surface area contributed by atoms with E-state index in [2.05, 4.69) is 25.3 Å². The van der Waals surface area contributed by atoms with Gasteiger partial charge in [-0.25, -0.2) is 9.97 Å². The van der Waals surface area contributed by atoms with Gasteiger partial charge < -0.3 is 10.3 Å². The zero-order valence-corrected chi connectivity index (χ0v) is 12.4. The van der Waals surface area contributed by atoms with Crippen LogP contribution in [0.3, 0.4) is 0 Å². The summed E-state index contributed by atoms with van der Waals surface area (Å²) in [4.78, 5) is 28.4. The summed E-state index contributed by atoms with van der Waals surface area (Å²) in [5.41, 5.74) is 4.44. The van der Waals surface area contributed by atoms with Gasteiger partial charge in [-0.2, -0.15) is 0 Å². The number of thiazole rings is 1. The maximum atomic E-state index is 11.1. The van der Waals surface area contributed by atoms with Crippen molar-refractivity contribution in [3.63, 3.8) is 0 Å². The second kappa shape index (κ2) is 4.88. The number of amides is 1. The highest BCUT2D eigenvalue weighted by Gasteiger charge is 2.09. The number of hydrogen-bond donors (Lipinski definition) is 2. The molecule has 0 aliphatic heterocycles. The number of anilines is 1. The van der Waals surface area contributed by atoms with Crippen LogP contribution in [-0.2, 0) is 4.79 Å². The average Bonchev–Trinajstić information content (AvgIpc) is 3.10. The maximum Gasteiger partial charge on any atom is 0.223 e. The Morgan fingerprint density at radius 1 is 1.23 bits per heavy atom. The summed E-state index contributed by atoms with van der Waals surface area (Å²) in [7, 11) is 0. The highest BCUT2D eigenvalue weighted by molar-refractivity contribution is 7.21. The molecule has 0 aliphatic carbocycles. The number of fused-ring (bicyclic) bond motifs is 2. The van der Waals surface area contributed by atoms with Crippen LogP contribution in [0.4, 0.5) is 5.13 Å². The lowest BCUT2D eigenvalue weighted by Gasteiger charge is -2.00. The molecule has 108 valence electrons. The normalized spacial score (nSPS) is 11.1. The predicted octanol–water partition coefficient (Wildman–Crippen LogP) is 3.19. The van der Waals surface area contributed by atoms with Crippen LogP contribution in [0.25, 0.3) is 32.6 Å². The van der Waals surface area contributed by atoms with E-state index in [1.807, 2.05) is 30.5 Å². The Morgan fingerprint density at radius 3 is 3.00 bits per heavy atom. The molecule has 0 saturated carbocycles. The summed E-state index contributed by atoms with van der Waals surface area (Å²) in [6, 6.07) is 7.76. The van der Waals surface area contributed by atoms with Crippen molar-refractivity contribution in [1.82, 2.24) is 19.9 Å². The number of carbonyl (C=O) groups is 1. The second-order valence-corrected chi connectivity index (χ2v) is 5.83. The van der Waals surface area contributed by atoms with Crippen LogP contribution in [0.1, 0.15) is 6.92 Å². The van der Waals surface area contributed by atoms with Crippen molar-refractivity contribution < 1.29 is 4.79 Å². The van der Waals surface area contributed by atoms with Crippen LogP contribution < -0.4 is 5.32 Å². The molecule has 0 fully saturated rings. The molecule has 0 bridgehead atoms. The summed E-state index contributed by atoms with van der Waals surface area (Å²) in [6.45, 7) is 1.46. The maximum absolute atomic E-state index is 11.1. The van der Waals surface area contributed by atoms with E-state index >= 15 is 0 Å². The molecule has 4 rings (SSSR count). The molecule has 0 aliphatic rings. The number of aromatic nitrogens is 4.